The second kappa shape index (κ2) is 6.38. The van der Waals surface area contributed by atoms with Crippen molar-refractivity contribution in [3.63, 3.8) is 0 Å². The molecule has 0 N–H and O–H groups in total. The molecule has 7 heteroatoms. The highest BCUT2D eigenvalue weighted by Crippen LogP contribution is 2.27. The molecule has 0 unspecified atom stereocenters. The second-order valence-electron chi connectivity index (χ2n) is 6.89. The maximum Gasteiger partial charge on any atom is 0.173 e. The van der Waals surface area contributed by atoms with Crippen molar-refractivity contribution in [2.24, 2.45) is 7.05 Å². The van der Waals surface area contributed by atoms with Gasteiger partial charge in [-0.15, -0.1) is 21.5 Å². The van der Waals surface area contributed by atoms with Gasteiger partial charge in [-0.2, -0.15) is 0 Å². The van der Waals surface area contributed by atoms with Crippen molar-refractivity contribution in [1.29, 1.82) is 0 Å². The van der Waals surface area contributed by atoms with Gasteiger partial charge in [0.15, 0.2) is 11.4 Å². The first-order valence-corrected chi connectivity index (χ1v) is 9.79. The summed E-state index contributed by atoms with van der Waals surface area (Å²) in [4.78, 5) is 17.4. The molecule has 0 bridgehead atoms. The van der Waals surface area contributed by atoms with E-state index in [0.29, 0.717) is 11.2 Å². The fourth-order valence-electron chi connectivity index (χ4n) is 3.48. The predicted molar refractivity (Wildman–Crippen MR) is 110 cm³/mol. The van der Waals surface area contributed by atoms with Crippen LogP contribution in [0.1, 0.15) is 21.1 Å². The van der Waals surface area contributed by atoms with Crippen LogP contribution in [-0.2, 0) is 13.5 Å². The van der Waals surface area contributed by atoms with Crippen LogP contribution in [0.2, 0.25) is 0 Å². The summed E-state index contributed by atoms with van der Waals surface area (Å²) in [6, 6.07) is 10.3. The van der Waals surface area contributed by atoms with E-state index in [1.54, 1.807) is 6.33 Å². The van der Waals surface area contributed by atoms with Gasteiger partial charge in [-0.3, -0.25) is 9.20 Å². The monoisotopic (exact) mass is 387 g/mol. The molecule has 4 aromatic heterocycles. The van der Waals surface area contributed by atoms with E-state index in [4.69, 9.17) is 0 Å². The fourth-order valence-corrected chi connectivity index (χ4v) is 4.25. The molecule has 1 aromatic carbocycles. The van der Waals surface area contributed by atoms with Gasteiger partial charge >= 0.3 is 0 Å². The number of benzene rings is 1. The normalized spacial score (nSPS) is 11.5. The maximum atomic E-state index is 13.0. The van der Waals surface area contributed by atoms with Gasteiger partial charge < -0.3 is 4.57 Å². The minimum absolute atomic E-state index is 0.00464. The summed E-state index contributed by atoms with van der Waals surface area (Å²) in [6.45, 7) is 1.93. The van der Waals surface area contributed by atoms with Crippen molar-refractivity contribution < 1.29 is 4.79 Å². The average molecular weight is 387 g/mol. The Labute approximate surface area is 165 Å². The third-order valence-electron chi connectivity index (χ3n) is 4.89. The smallest absolute Gasteiger partial charge is 0.173 e. The highest BCUT2D eigenvalue weighted by molar-refractivity contribution is 7.09. The molecule has 28 heavy (non-hydrogen) atoms. The molecule has 0 aliphatic heterocycles. The van der Waals surface area contributed by atoms with Crippen LogP contribution in [0.25, 0.3) is 27.7 Å². The Hall–Kier alpha value is -3.32. The number of ketones is 1. The molecular weight excluding hydrogens is 370 g/mol. The standard InChI is InChI=1S/C21H17N5OS/c1-13-11-28-20(23-13)9-19(27)17-8-16(10-26-12-22-24-21(17)26)14-3-4-18-15(7-14)5-6-25(18)2/h3-8,10-12H,9H2,1-2H3. The maximum absolute atomic E-state index is 13.0. The molecule has 0 saturated heterocycles. The third kappa shape index (κ3) is 2.80. The zero-order chi connectivity index (χ0) is 19.3. The van der Waals surface area contributed by atoms with Crippen LogP contribution in [0.3, 0.4) is 0 Å². The number of thiazole rings is 1. The highest BCUT2D eigenvalue weighted by Gasteiger charge is 2.17. The van der Waals surface area contributed by atoms with E-state index in [1.165, 1.54) is 16.9 Å². The molecule has 0 fully saturated rings. The van der Waals surface area contributed by atoms with Crippen LogP contribution in [0.15, 0.2) is 54.4 Å². The third-order valence-corrected chi connectivity index (χ3v) is 5.86. The zero-order valence-corrected chi connectivity index (χ0v) is 16.3. The van der Waals surface area contributed by atoms with Gasteiger partial charge in [0.05, 0.1) is 12.0 Å². The van der Waals surface area contributed by atoms with Crippen LogP contribution in [0.4, 0.5) is 0 Å². The topological polar surface area (TPSA) is 65.1 Å². The van der Waals surface area contributed by atoms with Gasteiger partial charge in [-0.05, 0) is 42.3 Å². The minimum atomic E-state index is -0.00464. The Morgan fingerprint density at radius 3 is 2.89 bits per heavy atom. The zero-order valence-electron chi connectivity index (χ0n) is 15.5. The van der Waals surface area contributed by atoms with Gasteiger partial charge in [0, 0.05) is 41.4 Å². The van der Waals surface area contributed by atoms with E-state index in [2.05, 4.69) is 44.0 Å². The quantitative estimate of drug-likeness (QED) is 0.436. The summed E-state index contributed by atoms with van der Waals surface area (Å²) < 4.78 is 3.90. The van der Waals surface area contributed by atoms with Gasteiger partial charge in [0.2, 0.25) is 0 Å². The molecule has 0 spiro atoms. The summed E-state index contributed by atoms with van der Waals surface area (Å²) in [5, 5.41) is 12.1. The summed E-state index contributed by atoms with van der Waals surface area (Å²) >= 11 is 1.51. The van der Waals surface area contributed by atoms with Crippen LogP contribution < -0.4 is 0 Å². The van der Waals surface area contributed by atoms with Crippen molar-refractivity contribution >= 4 is 33.7 Å². The van der Waals surface area contributed by atoms with E-state index in [1.807, 2.05) is 42.2 Å². The van der Waals surface area contributed by atoms with E-state index in [9.17, 15) is 4.79 Å². The van der Waals surface area contributed by atoms with Gasteiger partial charge in [0.1, 0.15) is 11.3 Å². The summed E-state index contributed by atoms with van der Waals surface area (Å²) in [6.07, 6.45) is 5.90. The molecule has 138 valence electrons. The first kappa shape index (κ1) is 16.8. The summed E-state index contributed by atoms with van der Waals surface area (Å²) in [5.41, 5.74) is 5.25. The number of hydrogen-bond acceptors (Lipinski definition) is 5. The molecule has 5 aromatic rings. The molecule has 0 aliphatic rings. The van der Waals surface area contributed by atoms with Crippen LogP contribution in [-0.4, -0.2) is 29.9 Å². The average Bonchev–Trinajstić information content (AvgIpc) is 3.41. The lowest BCUT2D eigenvalue weighted by Gasteiger charge is -2.08. The second-order valence-corrected chi connectivity index (χ2v) is 7.83. The number of carbonyl (C=O) groups is 1. The first-order valence-electron chi connectivity index (χ1n) is 8.91. The summed E-state index contributed by atoms with van der Waals surface area (Å²) in [7, 11) is 2.03. The lowest BCUT2D eigenvalue weighted by atomic mass is 10.0. The van der Waals surface area contributed by atoms with Gasteiger partial charge in [-0.1, -0.05) is 6.07 Å². The molecular formula is C21H17N5OS. The minimum Gasteiger partial charge on any atom is -0.351 e. The molecule has 0 aliphatic carbocycles. The van der Waals surface area contributed by atoms with Crippen molar-refractivity contribution in [2.45, 2.75) is 13.3 Å². The van der Waals surface area contributed by atoms with E-state index in [0.717, 1.165) is 27.2 Å². The number of pyridine rings is 1. The highest BCUT2D eigenvalue weighted by atomic mass is 32.1. The number of rotatable bonds is 4. The van der Waals surface area contributed by atoms with Crippen LogP contribution >= 0.6 is 11.3 Å². The number of carbonyl (C=O) groups excluding carboxylic acids is 1. The Morgan fingerprint density at radius 2 is 2.07 bits per heavy atom. The molecule has 4 heterocycles. The van der Waals surface area contributed by atoms with Gasteiger partial charge in [0.25, 0.3) is 0 Å². The van der Waals surface area contributed by atoms with E-state index in [-0.39, 0.29) is 12.2 Å². The largest absolute Gasteiger partial charge is 0.351 e. The number of fused-ring (bicyclic) bond motifs is 2. The molecule has 0 amide bonds. The summed E-state index contributed by atoms with van der Waals surface area (Å²) in [5.74, 6) is -0.00464. The van der Waals surface area contributed by atoms with Crippen LogP contribution in [0, 0.1) is 6.92 Å². The van der Waals surface area contributed by atoms with Crippen LogP contribution in [0.5, 0.6) is 0 Å². The van der Waals surface area contributed by atoms with Crippen molar-refractivity contribution in [1.82, 2.24) is 24.1 Å². The number of hydrogen-bond donors (Lipinski definition) is 0. The molecule has 5 rings (SSSR count). The van der Waals surface area contributed by atoms with Crippen molar-refractivity contribution in [2.75, 3.05) is 0 Å². The Bertz CT molecular complexity index is 1340. The van der Waals surface area contributed by atoms with E-state index >= 15 is 0 Å². The molecule has 0 radical (unpaired) electrons. The number of aromatic nitrogens is 5. The first-order chi connectivity index (χ1) is 13.6. The lowest BCUT2D eigenvalue weighted by Crippen LogP contribution is -2.07. The lowest BCUT2D eigenvalue weighted by molar-refractivity contribution is 0.0994. The Morgan fingerprint density at radius 1 is 1.18 bits per heavy atom. The van der Waals surface area contributed by atoms with Gasteiger partial charge in [-0.25, -0.2) is 4.98 Å². The molecule has 0 atom stereocenters. The Balaban J connectivity index is 1.60. The molecule has 0 saturated carbocycles. The number of Topliss-reactive ketones (excluding diaryl/α,β-unsaturated/α-hetero) is 1. The number of aryl methyl sites for hydroxylation is 2. The predicted octanol–water partition coefficient (Wildman–Crippen LogP) is 4.08. The van der Waals surface area contributed by atoms with Crippen molar-refractivity contribution in [3.05, 3.63) is 70.7 Å². The van der Waals surface area contributed by atoms with Crippen molar-refractivity contribution in [3.8, 4) is 11.1 Å². The number of nitrogens with zero attached hydrogens (tertiary/aromatic N) is 5. The molecule has 6 nitrogen and oxygen atoms in total. The fraction of sp³-hybridized carbons (Fsp3) is 0.143. The SMILES string of the molecule is Cc1csc(CC(=O)c2cc(-c3ccc4c(ccn4C)c3)cn3cnnc23)n1. The Kier molecular flexibility index (Phi) is 3.84. The van der Waals surface area contributed by atoms with E-state index < -0.39 is 0 Å².